The van der Waals surface area contributed by atoms with E-state index in [0.29, 0.717) is 23.5 Å². The highest BCUT2D eigenvalue weighted by Crippen LogP contribution is 2.18. The molecule has 0 radical (unpaired) electrons. The van der Waals surface area contributed by atoms with Gasteiger partial charge in [0.15, 0.2) is 0 Å². The maximum atomic E-state index is 12.3. The number of urea groups is 1. The molecule has 1 unspecified atom stereocenters. The van der Waals surface area contributed by atoms with Crippen LogP contribution in [0.1, 0.15) is 36.2 Å². The minimum atomic E-state index is -0.230. The van der Waals surface area contributed by atoms with E-state index in [4.69, 9.17) is 5.73 Å². The lowest BCUT2D eigenvalue weighted by Gasteiger charge is -2.12. The average molecular weight is 340 g/mol. The van der Waals surface area contributed by atoms with Crippen LogP contribution in [0.3, 0.4) is 0 Å². The number of hydrogen-bond donors (Lipinski definition) is 4. The average Bonchev–Trinajstić information content (AvgIpc) is 2.62. The monoisotopic (exact) mass is 340 g/mol. The summed E-state index contributed by atoms with van der Waals surface area (Å²) in [4.78, 5) is 23.9. The van der Waals surface area contributed by atoms with Crippen molar-refractivity contribution in [2.75, 3.05) is 11.1 Å². The fraction of sp³-hybridized carbons (Fsp3) is 0.263. The Hall–Kier alpha value is -3.02. The number of benzene rings is 2. The molecular formula is C19H24N4O2. The van der Waals surface area contributed by atoms with Crippen molar-refractivity contribution >= 4 is 23.3 Å². The number of amides is 3. The standard InChI is InChI=1S/C19H24N4O2/c1-3-13(2)22-19(25)21-12-14-8-10-15(11-9-14)18(24)23-17-7-5-4-6-16(17)20/h4-11,13H,3,12,20H2,1-2H3,(H,23,24)(H2,21,22,25). The largest absolute Gasteiger partial charge is 0.397 e. The number of nitrogen functional groups attached to an aromatic ring is 1. The van der Waals surface area contributed by atoms with E-state index in [-0.39, 0.29) is 18.0 Å². The van der Waals surface area contributed by atoms with E-state index in [0.717, 1.165) is 12.0 Å². The Morgan fingerprint density at radius 3 is 2.40 bits per heavy atom. The third kappa shape index (κ3) is 5.53. The first-order valence-corrected chi connectivity index (χ1v) is 8.28. The van der Waals surface area contributed by atoms with Crippen molar-refractivity contribution in [3.63, 3.8) is 0 Å². The number of carbonyl (C=O) groups is 2. The number of para-hydroxylation sites is 2. The maximum Gasteiger partial charge on any atom is 0.315 e. The zero-order valence-corrected chi connectivity index (χ0v) is 14.5. The maximum absolute atomic E-state index is 12.3. The van der Waals surface area contributed by atoms with Gasteiger partial charge in [0.2, 0.25) is 0 Å². The minimum Gasteiger partial charge on any atom is -0.397 e. The van der Waals surface area contributed by atoms with Crippen LogP contribution in [0, 0.1) is 0 Å². The summed E-state index contributed by atoms with van der Waals surface area (Å²) in [7, 11) is 0. The summed E-state index contributed by atoms with van der Waals surface area (Å²) < 4.78 is 0. The van der Waals surface area contributed by atoms with Gasteiger partial charge in [0.1, 0.15) is 0 Å². The summed E-state index contributed by atoms with van der Waals surface area (Å²) in [5, 5.41) is 8.41. The topological polar surface area (TPSA) is 96.2 Å². The van der Waals surface area contributed by atoms with Crippen molar-refractivity contribution in [3.8, 4) is 0 Å². The Balaban J connectivity index is 1.90. The zero-order chi connectivity index (χ0) is 18.2. The van der Waals surface area contributed by atoms with Crippen LogP contribution in [0.5, 0.6) is 0 Å². The molecule has 0 bridgehead atoms. The van der Waals surface area contributed by atoms with Crippen LogP contribution in [0.4, 0.5) is 16.2 Å². The molecule has 0 heterocycles. The van der Waals surface area contributed by atoms with Crippen LogP contribution in [0.2, 0.25) is 0 Å². The summed E-state index contributed by atoms with van der Waals surface area (Å²) in [6.07, 6.45) is 0.878. The zero-order valence-electron chi connectivity index (χ0n) is 14.5. The highest BCUT2D eigenvalue weighted by Gasteiger charge is 2.08. The third-order valence-electron chi connectivity index (χ3n) is 3.87. The van der Waals surface area contributed by atoms with Crippen molar-refractivity contribution in [1.29, 1.82) is 0 Å². The van der Waals surface area contributed by atoms with E-state index in [9.17, 15) is 9.59 Å². The summed E-state index contributed by atoms with van der Waals surface area (Å²) in [5.41, 5.74) is 8.36. The van der Waals surface area contributed by atoms with E-state index in [1.165, 1.54) is 0 Å². The molecule has 0 aliphatic heterocycles. The van der Waals surface area contributed by atoms with Gasteiger partial charge in [-0.2, -0.15) is 0 Å². The smallest absolute Gasteiger partial charge is 0.315 e. The molecule has 6 heteroatoms. The molecule has 5 N–H and O–H groups in total. The van der Waals surface area contributed by atoms with Gasteiger partial charge in [-0.3, -0.25) is 4.79 Å². The van der Waals surface area contributed by atoms with Gasteiger partial charge >= 0.3 is 6.03 Å². The Morgan fingerprint density at radius 2 is 1.76 bits per heavy atom. The molecule has 6 nitrogen and oxygen atoms in total. The number of nitrogens with one attached hydrogen (secondary N) is 3. The number of rotatable bonds is 6. The van der Waals surface area contributed by atoms with Gasteiger partial charge in [-0.25, -0.2) is 4.79 Å². The summed E-state index contributed by atoms with van der Waals surface area (Å²) in [6, 6.07) is 14.1. The quantitative estimate of drug-likeness (QED) is 0.608. The molecule has 0 aromatic heterocycles. The lowest BCUT2D eigenvalue weighted by molar-refractivity contribution is 0.102. The molecule has 0 aliphatic carbocycles. The Labute approximate surface area is 147 Å². The Morgan fingerprint density at radius 1 is 1.08 bits per heavy atom. The lowest BCUT2D eigenvalue weighted by Crippen LogP contribution is -2.40. The fourth-order valence-corrected chi connectivity index (χ4v) is 2.14. The molecule has 2 aromatic carbocycles. The molecule has 132 valence electrons. The highest BCUT2D eigenvalue weighted by molar-refractivity contribution is 6.05. The second-order valence-electron chi connectivity index (χ2n) is 5.87. The van der Waals surface area contributed by atoms with Crippen LogP contribution < -0.4 is 21.7 Å². The number of hydrogen-bond acceptors (Lipinski definition) is 3. The summed E-state index contributed by atoms with van der Waals surface area (Å²) in [6.45, 7) is 4.36. The van der Waals surface area contributed by atoms with Crippen molar-refractivity contribution in [3.05, 3.63) is 59.7 Å². The first-order chi connectivity index (χ1) is 12.0. The fourth-order valence-electron chi connectivity index (χ4n) is 2.14. The molecule has 0 aliphatic rings. The van der Waals surface area contributed by atoms with Crippen LogP contribution >= 0.6 is 0 Å². The van der Waals surface area contributed by atoms with E-state index >= 15 is 0 Å². The number of anilines is 2. The summed E-state index contributed by atoms with van der Waals surface area (Å²) >= 11 is 0. The van der Waals surface area contributed by atoms with Crippen LogP contribution in [0.15, 0.2) is 48.5 Å². The highest BCUT2D eigenvalue weighted by atomic mass is 16.2. The van der Waals surface area contributed by atoms with Gasteiger partial charge in [-0.05, 0) is 43.2 Å². The van der Waals surface area contributed by atoms with E-state index in [1.54, 1.807) is 24.3 Å². The van der Waals surface area contributed by atoms with Crippen molar-refractivity contribution in [1.82, 2.24) is 10.6 Å². The van der Waals surface area contributed by atoms with Crippen LogP contribution in [0.25, 0.3) is 0 Å². The second kappa shape index (κ2) is 8.73. The molecule has 25 heavy (non-hydrogen) atoms. The van der Waals surface area contributed by atoms with Gasteiger partial charge in [-0.15, -0.1) is 0 Å². The lowest BCUT2D eigenvalue weighted by atomic mass is 10.1. The molecule has 0 saturated heterocycles. The first kappa shape index (κ1) is 18.3. The third-order valence-corrected chi connectivity index (χ3v) is 3.87. The van der Waals surface area contributed by atoms with Crippen LogP contribution in [-0.2, 0) is 6.54 Å². The Bertz CT molecular complexity index is 728. The van der Waals surface area contributed by atoms with E-state index < -0.39 is 0 Å². The molecule has 0 saturated carbocycles. The molecule has 2 aromatic rings. The molecule has 2 rings (SSSR count). The van der Waals surface area contributed by atoms with Crippen molar-refractivity contribution in [2.24, 2.45) is 0 Å². The van der Waals surface area contributed by atoms with Gasteiger partial charge in [0, 0.05) is 18.2 Å². The van der Waals surface area contributed by atoms with Gasteiger partial charge in [-0.1, -0.05) is 31.2 Å². The minimum absolute atomic E-state index is 0.136. The number of nitrogens with two attached hydrogens (primary N) is 1. The Kier molecular flexibility index (Phi) is 6.39. The predicted molar refractivity (Wildman–Crippen MR) is 100 cm³/mol. The van der Waals surface area contributed by atoms with Crippen molar-refractivity contribution < 1.29 is 9.59 Å². The number of carbonyl (C=O) groups excluding carboxylic acids is 2. The molecular weight excluding hydrogens is 316 g/mol. The first-order valence-electron chi connectivity index (χ1n) is 8.28. The predicted octanol–water partition coefficient (Wildman–Crippen LogP) is 3.12. The van der Waals surface area contributed by atoms with E-state index in [1.807, 2.05) is 38.1 Å². The van der Waals surface area contributed by atoms with Crippen molar-refractivity contribution in [2.45, 2.75) is 32.9 Å². The molecule has 3 amide bonds. The van der Waals surface area contributed by atoms with Crippen LogP contribution in [-0.4, -0.2) is 18.0 Å². The second-order valence-corrected chi connectivity index (χ2v) is 5.87. The molecule has 0 fully saturated rings. The van der Waals surface area contributed by atoms with Gasteiger partial charge in [0.25, 0.3) is 5.91 Å². The van der Waals surface area contributed by atoms with E-state index in [2.05, 4.69) is 16.0 Å². The normalized spacial score (nSPS) is 11.4. The van der Waals surface area contributed by atoms with Gasteiger partial charge < -0.3 is 21.7 Å². The van der Waals surface area contributed by atoms with Gasteiger partial charge in [0.05, 0.1) is 11.4 Å². The molecule has 1 atom stereocenters. The molecule has 0 spiro atoms. The summed E-state index contributed by atoms with van der Waals surface area (Å²) in [5.74, 6) is -0.230. The SMILES string of the molecule is CCC(C)NC(=O)NCc1ccc(C(=O)Nc2ccccc2N)cc1.